The molecule has 11 heteroatoms. The van der Waals surface area contributed by atoms with E-state index in [-0.39, 0.29) is 24.0 Å². The average molecular weight is 616 g/mol. The van der Waals surface area contributed by atoms with Crippen LogP contribution >= 0.6 is 11.6 Å². The van der Waals surface area contributed by atoms with Crippen molar-refractivity contribution in [3.63, 3.8) is 0 Å². The van der Waals surface area contributed by atoms with E-state index in [4.69, 9.17) is 27.1 Å². The quantitative estimate of drug-likeness (QED) is 0.294. The highest BCUT2D eigenvalue weighted by atomic mass is 35.5. The van der Waals surface area contributed by atoms with Crippen LogP contribution in [0, 0.1) is 0 Å². The number of ether oxygens (including phenoxy) is 1. The van der Waals surface area contributed by atoms with E-state index in [1.165, 1.54) is 4.90 Å². The minimum atomic E-state index is -0.739. The molecule has 44 heavy (non-hydrogen) atoms. The maximum Gasteiger partial charge on any atom is 0.326 e. The number of amidine groups is 1. The summed E-state index contributed by atoms with van der Waals surface area (Å²) in [6.07, 6.45) is -0.453. The Morgan fingerprint density at radius 1 is 1.02 bits per heavy atom. The predicted octanol–water partition coefficient (Wildman–Crippen LogP) is 4.67. The monoisotopic (exact) mass is 615 g/mol. The number of benzene rings is 3. The van der Waals surface area contributed by atoms with Gasteiger partial charge in [0.05, 0.1) is 18.0 Å². The molecule has 0 aromatic heterocycles. The van der Waals surface area contributed by atoms with Crippen molar-refractivity contribution in [1.29, 1.82) is 0 Å². The second-order valence-corrected chi connectivity index (χ2v) is 12.2. The second-order valence-electron chi connectivity index (χ2n) is 11.7. The molecule has 2 aliphatic heterocycles. The van der Waals surface area contributed by atoms with Gasteiger partial charge in [-0.05, 0) is 56.2 Å². The number of nitrogens with two attached hydrogens (primary N) is 1. The number of amides is 4. The Morgan fingerprint density at radius 3 is 2.36 bits per heavy atom. The molecule has 3 aromatic carbocycles. The standard InChI is InChI=1S/C33H34ClN5O5/c1-33(2,3)44-26-17-22(25(40)18-27(35)41)11-14-24(26)31-37-29(20-9-12-23(34)13-10-20)30(21-7-5-4-6-8-21)39(31)32(43)38-16-15-36-28(42)19-38/h4-14,17,29-30H,15-16,18-19H2,1-3H3,(H2,35,41)(H,36,42)/t29-,30+/m0/s1. The van der Waals surface area contributed by atoms with Crippen LogP contribution in [0.3, 0.4) is 0 Å². The van der Waals surface area contributed by atoms with Gasteiger partial charge in [0.15, 0.2) is 5.78 Å². The van der Waals surface area contributed by atoms with Gasteiger partial charge in [-0.1, -0.05) is 60.1 Å². The maximum absolute atomic E-state index is 14.5. The van der Waals surface area contributed by atoms with Gasteiger partial charge in [0.1, 0.15) is 29.8 Å². The Balaban J connectivity index is 1.71. The molecule has 2 heterocycles. The number of aliphatic imine (C=N–C) groups is 1. The van der Waals surface area contributed by atoms with Crippen LogP contribution in [0.4, 0.5) is 4.79 Å². The molecule has 1 fully saturated rings. The van der Waals surface area contributed by atoms with Crippen LogP contribution in [0.15, 0.2) is 77.8 Å². The van der Waals surface area contributed by atoms with E-state index in [0.29, 0.717) is 35.3 Å². The first kappa shape index (κ1) is 30.7. The van der Waals surface area contributed by atoms with Crippen molar-refractivity contribution in [3.8, 4) is 5.75 Å². The molecule has 3 N–H and O–H groups in total. The van der Waals surface area contributed by atoms with Crippen molar-refractivity contribution in [2.45, 2.75) is 44.9 Å². The molecule has 0 saturated carbocycles. The first-order valence-corrected chi connectivity index (χ1v) is 14.7. The maximum atomic E-state index is 14.5. The summed E-state index contributed by atoms with van der Waals surface area (Å²) in [5.41, 5.74) is 6.99. The summed E-state index contributed by atoms with van der Waals surface area (Å²) in [4.78, 5) is 59.4. The van der Waals surface area contributed by atoms with Crippen molar-refractivity contribution in [1.82, 2.24) is 15.1 Å². The van der Waals surface area contributed by atoms with E-state index in [0.717, 1.165) is 11.1 Å². The lowest BCUT2D eigenvalue weighted by Crippen LogP contribution is -2.55. The summed E-state index contributed by atoms with van der Waals surface area (Å²) in [5, 5.41) is 3.34. The lowest BCUT2D eigenvalue weighted by Gasteiger charge is -2.36. The fourth-order valence-corrected chi connectivity index (χ4v) is 5.48. The number of Topliss-reactive ketones (excluding diaryl/α,β-unsaturated/α-hetero) is 1. The molecule has 3 aromatic rings. The van der Waals surface area contributed by atoms with Gasteiger partial charge in [-0.15, -0.1) is 0 Å². The number of urea groups is 1. The van der Waals surface area contributed by atoms with Crippen LogP contribution in [0.25, 0.3) is 0 Å². The number of hydrogen-bond donors (Lipinski definition) is 2. The first-order valence-electron chi connectivity index (χ1n) is 14.3. The van der Waals surface area contributed by atoms with E-state index < -0.39 is 35.8 Å². The summed E-state index contributed by atoms with van der Waals surface area (Å²) in [5.74, 6) is -0.810. The predicted molar refractivity (Wildman–Crippen MR) is 167 cm³/mol. The fourth-order valence-electron chi connectivity index (χ4n) is 5.35. The van der Waals surface area contributed by atoms with Gasteiger partial charge >= 0.3 is 6.03 Å². The minimum Gasteiger partial charge on any atom is -0.487 e. The number of hydrogen-bond acceptors (Lipinski definition) is 6. The third-order valence-electron chi connectivity index (χ3n) is 7.23. The highest BCUT2D eigenvalue weighted by Gasteiger charge is 2.45. The Bertz CT molecular complexity index is 1620. The number of primary amides is 1. The van der Waals surface area contributed by atoms with Crippen molar-refractivity contribution in [3.05, 3.63) is 100 Å². The molecule has 2 atom stereocenters. The van der Waals surface area contributed by atoms with Crippen LogP contribution < -0.4 is 15.8 Å². The van der Waals surface area contributed by atoms with Crippen molar-refractivity contribution in [2.24, 2.45) is 10.7 Å². The third-order valence-corrected chi connectivity index (χ3v) is 7.48. The summed E-state index contributed by atoms with van der Waals surface area (Å²) in [6.45, 7) is 6.16. The molecule has 1 saturated heterocycles. The Morgan fingerprint density at radius 2 is 1.73 bits per heavy atom. The molecule has 0 unspecified atom stereocenters. The van der Waals surface area contributed by atoms with Gasteiger partial charge in [-0.25, -0.2) is 4.79 Å². The van der Waals surface area contributed by atoms with Crippen LogP contribution in [0.5, 0.6) is 5.75 Å². The van der Waals surface area contributed by atoms with E-state index in [9.17, 15) is 19.2 Å². The lowest BCUT2D eigenvalue weighted by molar-refractivity contribution is -0.123. The molecule has 228 valence electrons. The van der Waals surface area contributed by atoms with Crippen molar-refractivity contribution >= 4 is 41.1 Å². The number of nitrogens with one attached hydrogen (secondary N) is 1. The van der Waals surface area contributed by atoms with Crippen molar-refractivity contribution in [2.75, 3.05) is 19.6 Å². The van der Waals surface area contributed by atoms with Crippen LogP contribution in [-0.4, -0.2) is 64.5 Å². The van der Waals surface area contributed by atoms with Crippen LogP contribution in [-0.2, 0) is 9.59 Å². The number of halogens is 1. The summed E-state index contributed by atoms with van der Waals surface area (Å²) in [6, 6.07) is 20.2. The topological polar surface area (TPSA) is 134 Å². The molecular weight excluding hydrogens is 582 g/mol. The Hall–Kier alpha value is -4.70. The first-order chi connectivity index (χ1) is 20.9. The van der Waals surface area contributed by atoms with E-state index in [2.05, 4.69) is 5.32 Å². The number of carbonyl (C=O) groups is 4. The van der Waals surface area contributed by atoms with E-state index >= 15 is 0 Å². The number of piperazine rings is 1. The molecule has 2 aliphatic rings. The highest BCUT2D eigenvalue weighted by molar-refractivity contribution is 6.30. The molecule has 0 radical (unpaired) electrons. The lowest BCUT2D eigenvalue weighted by atomic mass is 9.93. The highest BCUT2D eigenvalue weighted by Crippen LogP contribution is 2.45. The van der Waals surface area contributed by atoms with Crippen LogP contribution in [0.2, 0.25) is 5.02 Å². The third kappa shape index (κ3) is 6.75. The molecule has 5 rings (SSSR count). The second kappa shape index (κ2) is 12.5. The average Bonchev–Trinajstić information content (AvgIpc) is 3.36. The summed E-state index contributed by atoms with van der Waals surface area (Å²) >= 11 is 6.23. The zero-order valence-electron chi connectivity index (χ0n) is 24.7. The van der Waals surface area contributed by atoms with Gasteiger partial charge in [-0.3, -0.25) is 24.3 Å². The van der Waals surface area contributed by atoms with Gasteiger partial charge < -0.3 is 20.7 Å². The fraction of sp³-hybridized carbons (Fsp3) is 0.303. The van der Waals surface area contributed by atoms with E-state index in [1.54, 1.807) is 35.2 Å². The summed E-state index contributed by atoms with van der Waals surface area (Å²) < 4.78 is 6.35. The van der Waals surface area contributed by atoms with Gasteiger partial charge in [0, 0.05) is 23.7 Å². The van der Waals surface area contributed by atoms with Crippen LogP contribution in [0.1, 0.15) is 66.3 Å². The van der Waals surface area contributed by atoms with Gasteiger partial charge in [-0.2, -0.15) is 0 Å². The Labute approximate surface area is 260 Å². The Kier molecular flexibility index (Phi) is 8.73. The normalized spacial score (nSPS) is 18.5. The largest absolute Gasteiger partial charge is 0.487 e. The number of nitrogens with zero attached hydrogens (tertiary/aromatic N) is 3. The molecule has 0 aliphatic carbocycles. The smallest absolute Gasteiger partial charge is 0.326 e. The van der Waals surface area contributed by atoms with E-state index in [1.807, 2.05) is 63.2 Å². The zero-order valence-corrected chi connectivity index (χ0v) is 25.5. The SMILES string of the molecule is CC(C)(C)Oc1cc(C(=O)CC(N)=O)ccc1C1=N[C@@H](c2ccc(Cl)cc2)[C@@H](c2ccccc2)N1C(=O)N1CCNC(=O)C1. The van der Waals surface area contributed by atoms with Gasteiger partial charge in [0.2, 0.25) is 11.8 Å². The summed E-state index contributed by atoms with van der Waals surface area (Å²) in [7, 11) is 0. The van der Waals surface area contributed by atoms with Gasteiger partial charge in [0.25, 0.3) is 0 Å². The van der Waals surface area contributed by atoms with Crippen molar-refractivity contribution < 1.29 is 23.9 Å². The molecule has 0 spiro atoms. The molecular formula is C33H34ClN5O5. The molecule has 0 bridgehead atoms. The number of carbonyl (C=O) groups excluding carboxylic acids is 4. The number of ketones is 1. The molecule has 10 nitrogen and oxygen atoms in total. The minimum absolute atomic E-state index is 0.0956. The zero-order chi connectivity index (χ0) is 31.6. The molecule has 4 amide bonds. The number of rotatable bonds is 7.